The van der Waals surface area contributed by atoms with Gasteiger partial charge in [-0.2, -0.15) is 0 Å². The van der Waals surface area contributed by atoms with Crippen LogP contribution in [0.3, 0.4) is 0 Å². The number of carbonyl (C=O) groups excluding carboxylic acids is 1. The topological polar surface area (TPSA) is 47.6 Å². The fraction of sp³-hybridized carbons (Fsp3) is 0.0741. The van der Waals surface area contributed by atoms with Crippen LogP contribution in [0.25, 0.3) is 0 Å². The Morgan fingerprint density at radius 2 is 1.41 bits per heavy atom. The van der Waals surface area contributed by atoms with Crippen LogP contribution in [0.15, 0.2) is 91.0 Å². The molecule has 0 fully saturated rings. The third kappa shape index (κ3) is 2.73. The minimum absolute atomic E-state index is 0.336. The predicted octanol–water partition coefficient (Wildman–Crippen LogP) is 6.31. The molecular weight excluding hydrogens is 422 g/mol. The second kappa shape index (κ2) is 7.14. The summed E-state index contributed by atoms with van der Waals surface area (Å²) in [7, 11) is 0. The highest BCUT2D eigenvalue weighted by Crippen LogP contribution is 2.57. The van der Waals surface area contributed by atoms with Crippen molar-refractivity contribution < 1.29 is 14.3 Å². The Kier molecular flexibility index (Phi) is 4.23. The van der Waals surface area contributed by atoms with Crippen molar-refractivity contribution in [1.29, 1.82) is 0 Å². The van der Waals surface area contributed by atoms with E-state index in [2.05, 4.69) is 17.4 Å². The van der Waals surface area contributed by atoms with Crippen LogP contribution < -0.4 is 14.8 Å². The average Bonchev–Trinajstić information content (AvgIpc) is 3.10. The van der Waals surface area contributed by atoms with Gasteiger partial charge in [0.25, 0.3) is 0 Å². The van der Waals surface area contributed by atoms with E-state index in [1.807, 2.05) is 66.7 Å². The zero-order valence-corrected chi connectivity index (χ0v) is 17.7. The number of esters is 1. The van der Waals surface area contributed by atoms with Gasteiger partial charge < -0.3 is 14.8 Å². The molecule has 0 saturated carbocycles. The fourth-order valence-electron chi connectivity index (χ4n) is 4.64. The van der Waals surface area contributed by atoms with E-state index in [0.29, 0.717) is 28.8 Å². The first-order valence-corrected chi connectivity index (χ1v) is 10.8. The Labute approximate surface area is 190 Å². The maximum Gasteiger partial charge on any atom is 0.331 e. The quantitative estimate of drug-likeness (QED) is 0.300. The molecule has 2 aliphatic heterocycles. The van der Waals surface area contributed by atoms with Crippen LogP contribution in [0.1, 0.15) is 22.3 Å². The van der Waals surface area contributed by atoms with Crippen molar-refractivity contribution in [2.75, 3.05) is 5.32 Å². The Balaban J connectivity index is 1.50. The number of hydrogen-bond acceptors (Lipinski definition) is 4. The molecule has 2 heterocycles. The maximum absolute atomic E-state index is 13.5. The zero-order valence-electron chi connectivity index (χ0n) is 17.0. The molecule has 4 aromatic rings. The summed E-state index contributed by atoms with van der Waals surface area (Å²) in [4.78, 5) is 13.5. The van der Waals surface area contributed by atoms with Crippen LogP contribution >= 0.6 is 11.6 Å². The number of hydrogen-bond donors (Lipinski definition) is 1. The first-order valence-electron chi connectivity index (χ1n) is 10.4. The monoisotopic (exact) mass is 439 g/mol. The van der Waals surface area contributed by atoms with Gasteiger partial charge in [0.2, 0.25) is 0 Å². The van der Waals surface area contributed by atoms with Crippen molar-refractivity contribution in [2.45, 2.75) is 12.0 Å². The number of anilines is 1. The van der Waals surface area contributed by atoms with Gasteiger partial charge in [-0.3, -0.25) is 0 Å². The molecule has 0 radical (unpaired) electrons. The molecule has 6 rings (SSSR count). The van der Waals surface area contributed by atoms with Gasteiger partial charge in [-0.05, 0) is 29.8 Å². The Bertz CT molecular complexity index is 1370. The highest BCUT2D eigenvalue weighted by molar-refractivity contribution is 6.30. The van der Waals surface area contributed by atoms with E-state index < -0.39 is 5.41 Å². The lowest BCUT2D eigenvalue weighted by Gasteiger charge is -2.35. The van der Waals surface area contributed by atoms with Crippen molar-refractivity contribution in [2.24, 2.45) is 0 Å². The molecule has 5 heteroatoms. The smallest absolute Gasteiger partial charge is 0.331 e. The Morgan fingerprint density at radius 1 is 0.719 bits per heavy atom. The van der Waals surface area contributed by atoms with E-state index >= 15 is 0 Å². The summed E-state index contributed by atoms with van der Waals surface area (Å²) in [6, 6.07) is 28.9. The molecule has 0 aliphatic carbocycles. The molecule has 0 amide bonds. The van der Waals surface area contributed by atoms with Crippen LogP contribution in [0.5, 0.6) is 17.2 Å². The summed E-state index contributed by atoms with van der Waals surface area (Å²) < 4.78 is 12.0. The lowest BCUT2D eigenvalue weighted by Crippen LogP contribution is -2.39. The van der Waals surface area contributed by atoms with Crippen molar-refractivity contribution in [3.05, 3.63) is 118 Å². The third-order valence-electron chi connectivity index (χ3n) is 6.09. The molecule has 0 aromatic heterocycles. The first-order chi connectivity index (χ1) is 15.7. The minimum Gasteiger partial charge on any atom is -0.457 e. The van der Waals surface area contributed by atoms with E-state index in [1.54, 1.807) is 12.1 Å². The molecule has 4 aromatic carbocycles. The number of rotatable bonds is 3. The molecule has 1 atom stereocenters. The summed E-state index contributed by atoms with van der Waals surface area (Å²) in [6.45, 7) is 0.679. The van der Waals surface area contributed by atoms with Gasteiger partial charge in [-0.25, -0.2) is 4.79 Å². The van der Waals surface area contributed by atoms with Crippen LogP contribution in [0.2, 0.25) is 5.02 Å². The average molecular weight is 440 g/mol. The third-order valence-corrected chi connectivity index (χ3v) is 6.33. The van der Waals surface area contributed by atoms with Crippen molar-refractivity contribution in [3.63, 3.8) is 0 Å². The first kappa shape index (κ1) is 19.0. The molecule has 2 aliphatic rings. The van der Waals surface area contributed by atoms with Crippen molar-refractivity contribution in [1.82, 2.24) is 0 Å². The lowest BCUT2D eigenvalue weighted by atomic mass is 9.68. The summed E-state index contributed by atoms with van der Waals surface area (Å²) in [5.41, 5.74) is 3.27. The highest BCUT2D eigenvalue weighted by atomic mass is 35.5. The fourth-order valence-corrected chi connectivity index (χ4v) is 4.80. The standard InChI is InChI=1S/C27H18ClNO3/c28-18-10-12-21-24(14-18)31-25-15-19(29-16-17-6-2-1-3-7-17)11-13-22(25)27(21)20-8-4-5-9-23(20)32-26(27)30/h1-15,29H,16H2. The van der Waals surface area contributed by atoms with Gasteiger partial charge in [0, 0.05) is 40.0 Å². The van der Waals surface area contributed by atoms with Gasteiger partial charge in [-0.1, -0.05) is 72.3 Å². The van der Waals surface area contributed by atoms with E-state index in [-0.39, 0.29) is 5.97 Å². The second-order valence-corrected chi connectivity index (χ2v) is 8.36. The number of halogens is 1. The number of nitrogens with one attached hydrogen (secondary N) is 1. The molecule has 32 heavy (non-hydrogen) atoms. The van der Waals surface area contributed by atoms with Crippen molar-refractivity contribution >= 4 is 23.3 Å². The van der Waals surface area contributed by atoms with E-state index in [1.165, 1.54) is 5.56 Å². The van der Waals surface area contributed by atoms with Crippen LogP contribution in [-0.4, -0.2) is 5.97 Å². The molecule has 0 bridgehead atoms. The van der Waals surface area contributed by atoms with Gasteiger partial charge in [-0.15, -0.1) is 0 Å². The van der Waals surface area contributed by atoms with E-state index in [0.717, 1.165) is 22.4 Å². The van der Waals surface area contributed by atoms with Gasteiger partial charge in [0.1, 0.15) is 17.2 Å². The van der Waals surface area contributed by atoms with Crippen molar-refractivity contribution in [3.8, 4) is 17.2 Å². The predicted molar refractivity (Wildman–Crippen MR) is 124 cm³/mol. The molecule has 156 valence electrons. The zero-order chi connectivity index (χ0) is 21.7. The number of fused-ring (bicyclic) bond motifs is 6. The Hall–Kier alpha value is -3.76. The summed E-state index contributed by atoms with van der Waals surface area (Å²) >= 11 is 6.28. The number of para-hydroxylation sites is 1. The highest BCUT2D eigenvalue weighted by Gasteiger charge is 2.56. The lowest BCUT2D eigenvalue weighted by molar-refractivity contribution is -0.135. The van der Waals surface area contributed by atoms with Gasteiger partial charge in [0.15, 0.2) is 5.41 Å². The van der Waals surface area contributed by atoms with Gasteiger partial charge >= 0.3 is 5.97 Å². The molecule has 4 nitrogen and oxygen atoms in total. The summed E-state index contributed by atoms with van der Waals surface area (Å²) in [5.74, 6) is 1.39. The normalized spacial score (nSPS) is 17.7. The largest absolute Gasteiger partial charge is 0.457 e. The second-order valence-electron chi connectivity index (χ2n) is 7.93. The van der Waals surface area contributed by atoms with Crippen LogP contribution in [-0.2, 0) is 16.8 Å². The molecular formula is C27H18ClNO3. The maximum atomic E-state index is 13.5. The van der Waals surface area contributed by atoms with Gasteiger partial charge in [0.05, 0.1) is 0 Å². The van der Waals surface area contributed by atoms with Crippen LogP contribution in [0, 0.1) is 0 Å². The minimum atomic E-state index is -1.10. The summed E-state index contributed by atoms with van der Waals surface area (Å²) in [5, 5.41) is 3.98. The van der Waals surface area contributed by atoms with E-state index in [9.17, 15) is 4.79 Å². The molecule has 1 N–H and O–H groups in total. The number of benzene rings is 4. The molecule has 0 saturated heterocycles. The molecule has 1 spiro atoms. The molecule has 1 unspecified atom stereocenters. The number of ether oxygens (including phenoxy) is 2. The van der Waals surface area contributed by atoms with E-state index in [4.69, 9.17) is 21.1 Å². The van der Waals surface area contributed by atoms with Crippen LogP contribution in [0.4, 0.5) is 5.69 Å². The number of carbonyl (C=O) groups is 1. The Morgan fingerprint density at radius 3 is 2.25 bits per heavy atom. The summed E-state index contributed by atoms with van der Waals surface area (Å²) in [6.07, 6.45) is 0. The SMILES string of the molecule is O=C1Oc2ccccc2C12c1ccc(Cl)cc1Oc1cc(NCc3ccccc3)ccc12.